The molecule has 0 bridgehead atoms. The molecular weight excluding hydrogens is 274 g/mol. The Labute approximate surface area is 111 Å². The van der Waals surface area contributed by atoms with Crippen molar-refractivity contribution in [3.63, 3.8) is 0 Å². The lowest BCUT2D eigenvalue weighted by molar-refractivity contribution is 0.177. The first kappa shape index (κ1) is 15.1. The minimum absolute atomic E-state index is 0.275. The number of hydrogen-bond acceptors (Lipinski definition) is 6. The van der Waals surface area contributed by atoms with Crippen LogP contribution in [0, 0.1) is 0 Å². The molecule has 0 saturated carbocycles. The van der Waals surface area contributed by atoms with Gasteiger partial charge in [-0.05, 0) is 24.3 Å². The number of anilines is 1. The lowest BCUT2D eigenvalue weighted by Crippen LogP contribution is -2.35. The van der Waals surface area contributed by atoms with Crippen molar-refractivity contribution in [3.05, 3.63) is 24.3 Å². The van der Waals surface area contributed by atoms with Crippen LogP contribution in [0.3, 0.4) is 0 Å². The smallest absolute Gasteiger partial charge is 0.422 e. The van der Waals surface area contributed by atoms with Crippen LogP contribution in [0.4, 0.5) is 10.5 Å². The molecule has 1 amide bonds. The molecule has 0 aromatic heterocycles. The molecule has 0 aliphatic carbocycles. The molecule has 1 aromatic carbocycles. The fraction of sp³-hybridized carbons (Fsp3) is 0.300. The molecule has 0 fully saturated rings. The molecule has 0 unspecified atom stereocenters. The summed E-state index contributed by atoms with van der Waals surface area (Å²) < 4.78 is 36.1. The molecule has 1 aromatic rings. The number of methoxy groups -OCH3 is 1. The van der Waals surface area contributed by atoms with Crippen molar-refractivity contribution < 1.29 is 22.7 Å². The van der Waals surface area contributed by atoms with Crippen LogP contribution in [0.15, 0.2) is 24.3 Å². The Morgan fingerprint density at radius 2 is 1.95 bits per heavy atom. The van der Waals surface area contributed by atoms with Gasteiger partial charge in [0.2, 0.25) is 0 Å². The maximum atomic E-state index is 11.5. The number of ether oxygens (including phenoxy) is 2. The molecule has 0 aliphatic rings. The van der Waals surface area contributed by atoms with Crippen molar-refractivity contribution in [1.29, 1.82) is 0 Å². The molecule has 19 heavy (non-hydrogen) atoms. The number of amides is 1. The van der Waals surface area contributed by atoms with Gasteiger partial charge in [-0.25, -0.2) is 9.52 Å². The molecule has 0 radical (unpaired) electrons. The van der Waals surface area contributed by atoms with Crippen molar-refractivity contribution in [2.75, 3.05) is 25.0 Å². The molecule has 0 heterocycles. The van der Waals surface area contributed by atoms with Gasteiger partial charge >= 0.3 is 16.3 Å². The van der Waals surface area contributed by atoms with Gasteiger partial charge in [0.15, 0.2) is 0 Å². The first-order chi connectivity index (χ1) is 8.96. The Hall–Kier alpha value is -2.00. The molecule has 4 N–H and O–H groups in total. The molecule has 1 rings (SSSR count). The van der Waals surface area contributed by atoms with Crippen LogP contribution < -0.4 is 19.9 Å². The first-order valence-corrected chi connectivity index (χ1v) is 6.76. The standard InChI is InChI=1S/C10H15N3O5S/c1-17-10(14)13-19(15,16)12-8-2-4-9(5-3-8)18-7-6-11/h2-5,12H,6-7,11H2,1H3,(H,13,14). The third kappa shape index (κ3) is 5.44. The molecule has 106 valence electrons. The Morgan fingerprint density at radius 1 is 1.32 bits per heavy atom. The normalized spacial score (nSPS) is 10.6. The molecule has 9 heteroatoms. The first-order valence-electron chi connectivity index (χ1n) is 5.28. The maximum Gasteiger partial charge on any atom is 0.422 e. The molecule has 0 aliphatic heterocycles. The zero-order valence-electron chi connectivity index (χ0n) is 10.3. The highest BCUT2D eigenvalue weighted by Gasteiger charge is 2.14. The van der Waals surface area contributed by atoms with E-state index in [1.165, 1.54) is 12.1 Å². The van der Waals surface area contributed by atoms with Crippen molar-refractivity contribution >= 4 is 22.0 Å². The average Bonchev–Trinajstić information content (AvgIpc) is 2.37. The third-order valence-electron chi connectivity index (χ3n) is 1.90. The monoisotopic (exact) mass is 289 g/mol. The molecule has 0 atom stereocenters. The van der Waals surface area contributed by atoms with Gasteiger partial charge in [0, 0.05) is 6.54 Å². The summed E-state index contributed by atoms with van der Waals surface area (Å²) in [6, 6.07) is 6.13. The Kier molecular flexibility index (Phi) is 5.39. The van der Waals surface area contributed by atoms with Gasteiger partial charge in [-0.15, -0.1) is 0 Å². The number of rotatable bonds is 6. The van der Waals surface area contributed by atoms with E-state index in [1.54, 1.807) is 16.9 Å². The van der Waals surface area contributed by atoms with Crippen molar-refractivity contribution in [3.8, 4) is 5.75 Å². The largest absolute Gasteiger partial charge is 0.492 e. The van der Waals surface area contributed by atoms with Crippen molar-refractivity contribution in [2.45, 2.75) is 0 Å². The summed E-state index contributed by atoms with van der Waals surface area (Å²) in [5, 5.41) is 0. The van der Waals surface area contributed by atoms with Gasteiger partial charge in [0.05, 0.1) is 12.8 Å². The Balaban J connectivity index is 2.64. The van der Waals surface area contributed by atoms with E-state index in [-0.39, 0.29) is 5.69 Å². The van der Waals surface area contributed by atoms with Crippen molar-refractivity contribution in [2.24, 2.45) is 5.73 Å². The number of benzene rings is 1. The number of carbonyl (C=O) groups is 1. The van der Waals surface area contributed by atoms with E-state index in [4.69, 9.17) is 10.5 Å². The van der Waals surface area contributed by atoms with Gasteiger partial charge in [0.25, 0.3) is 0 Å². The highest BCUT2D eigenvalue weighted by atomic mass is 32.2. The SMILES string of the molecule is COC(=O)NS(=O)(=O)Nc1ccc(OCCN)cc1. The molecular formula is C10H15N3O5S. The van der Waals surface area contributed by atoms with E-state index in [2.05, 4.69) is 9.46 Å². The zero-order valence-corrected chi connectivity index (χ0v) is 11.1. The highest BCUT2D eigenvalue weighted by Crippen LogP contribution is 2.16. The van der Waals surface area contributed by atoms with Crippen LogP contribution in [0.2, 0.25) is 0 Å². The van der Waals surface area contributed by atoms with Gasteiger partial charge < -0.3 is 15.2 Å². The number of nitrogens with two attached hydrogens (primary N) is 1. The number of carbonyl (C=O) groups excluding carboxylic acids is 1. The fourth-order valence-electron chi connectivity index (χ4n) is 1.13. The van der Waals surface area contributed by atoms with E-state index in [0.717, 1.165) is 7.11 Å². The minimum atomic E-state index is -4.01. The number of nitrogens with one attached hydrogen (secondary N) is 2. The molecule has 8 nitrogen and oxygen atoms in total. The minimum Gasteiger partial charge on any atom is -0.492 e. The van der Waals surface area contributed by atoms with E-state index in [1.807, 2.05) is 0 Å². The van der Waals surface area contributed by atoms with Crippen LogP contribution in [0.25, 0.3) is 0 Å². The lowest BCUT2D eigenvalue weighted by atomic mass is 10.3. The van der Waals surface area contributed by atoms with E-state index < -0.39 is 16.3 Å². The van der Waals surface area contributed by atoms with Crippen LogP contribution >= 0.6 is 0 Å². The lowest BCUT2D eigenvalue weighted by Gasteiger charge is -2.09. The summed E-state index contributed by atoms with van der Waals surface area (Å²) in [7, 11) is -2.95. The van der Waals surface area contributed by atoms with E-state index in [9.17, 15) is 13.2 Å². The van der Waals surface area contributed by atoms with Crippen LogP contribution in [0.5, 0.6) is 5.75 Å². The summed E-state index contributed by atoms with van der Waals surface area (Å²) in [6.07, 6.45) is -1.07. The van der Waals surface area contributed by atoms with Gasteiger partial charge in [0.1, 0.15) is 12.4 Å². The van der Waals surface area contributed by atoms with E-state index >= 15 is 0 Å². The highest BCUT2D eigenvalue weighted by molar-refractivity contribution is 7.91. The van der Waals surface area contributed by atoms with Crippen molar-refractivity contribution in [1.82, 2.24) is 4.72 Å². The quantitative estimate of drug-likeness (QED) is 0.680. The fourth-order valence-corrected chi connectivity index (χ4v) is 1.93. The third-order valence-corrected chi connectivity index (χ3v) is 2.84. The topological polar surface area (TPSA) is 120 Å². The summed E-state index contributed by atoms with van der Waals surface area (Å²) in [5.74, 6) is 0.564. The van der Waals surface area contributed by atoms with Gasteiger partial charge in [-0.1, -0.05) is 0 Å². The summed E-state index contributed by atoms with van der Waals surface area (Å²) in [6.45, 7) is 0.756. The zero-order chi connectivity index (χ0) is 14.3. The second-order valence-corrected chi connectivity index (χ2v) is 4.78. The van der Waals surface area contributed by atoms with Gasteiger partial charge in [-0.3, -0.25) is 4.72 Å². The molecule has 0 spiro atoms. The Bertz CT molecular complexity index is 514. The summed E-state index contributed by atoms with van der Waals surface area (Å²) in [5.41, 5.74) is 5.55. The van der Waals surface area contributed by atoms with Gasteiger partial charge in [-0.2, -0.15) is 8.42 Å². The summed E-state index contributed by atoms with van der Waals surface area (Å²) >= 11 is 0. The van der Waals surface area contributed by atoms with Crippen LogP contribution in [-0.2, 0) is 14.9 Å². The molecule has 0 saturated heterocycles. The average molecular weight is 289 g/mol. The summed E-state index contributed by atoms with van der Waals surface area (Å²) in [4.78, 5) is 10.8. The van der Waals surface area contributed by atoms with E-state index in [0.29, 0.717) is 18.9 Å². The second kappa shape index (κ2) is 6.81. The Morgan fingerprint density at radius 3 is 2.47 bits per heavy atom. The number of hydrogen-bond donors (Lipinski definition) is 3. The maximum absolute atomic E-state index is 11.5. The van der Waals surface area contributed by atoms with Crippen LogP contribution in [0.1, 0.15) is 0 Å². The second-order valence-electron chi connectivity index (χ2n) is 3.36. The predicted octanol–water partition coefficient (Wildman–Crippen LogP) is 0.0368. The predicted molar refractivity (Wildman–Crippen MR) is 69.1 cm³/mol. The van der Waals surface area contributed by atoms with Crippen LogP contribution in [-0.4, -0.2) is 34.8 Å².